The van der Waals surface area contributed by atoms with E-state index in [0.29, 0.717) is 17.2 Å². The van der Waals surface area contributed by atoms with Crippen molar-refractivity contribution in [3.05, 3.63) is 54.1 Å². The molecule has 0 aromatic heterocycles. The Balaban J connectivity index is 2.16. The molecule has 8 heteroatoms. The summed E-state index contributed by atoms with van der Waals surface area (Å²) in [5.41, 5.74) is 0.471. The van der Waals surface area contributed by atoms with Crippen molar-refractivity contribution in [2.24, 2.45) is 0 Å². The van der Waals surface area contributed by atoms with Crippen LogP contribution in [-0.4, -0.2) is 26.5 Å². The molecule has 0 saturated heterocycles. The van der Waals surface area contributed by atoms with Crippen LogP contribution < -0.4 is 19.5 Å². The van der Waals surface area contributed by atoms with Gasteiger partial charge in [-0.3, -0.25) is 4.79 Å². The van der Waals surface area contributed by atoms with Gasteiger partial charge in [-0.25, -0.2) is 0 Å². The van der Waals surface area contributed by atoms with E-state index in [1.807, 2.05) is 0 Å². The number of methoxy groups -OCH3 is 2. The van der Waals surface area contributed by atoms with E-state index >= 15 is 0 Å². The van der Waals surface area contributed by atoms with Gasteiger partial charge in [-0.2, -0.15) is 0 Å². The number of ether oxygens (including phenoxy) is 3. The SMILES string of the molecule is COc1ccc(OC)c(NC(=O)/C=C/c2ccccc2OC(F)(F)F)c1. The lowest BCUT2D eigenvalue weighted by Gasteiger charge is -2.11. The molecule has 0 heterocycles. The van der Waals surface area contributed by atoms with Crippen LogP contribution in [-0.2, 0) is 4.79 Å². The molecule has 1 N–H and O–H groups in total. The van der Waals surface area contributed by atoms with Gasteiger partial charge in [-0.05, 0) is 24.3 Å². The second kappa shape index (κ2) is 8.28. The molecule has 2 aromatic carbocycles. The largest absolute Gasteiger partial charge is 0.573 e. The van der Waals surface area contributed by atoms with Crippen LogP contribution in [0.1, 0.15) is 5.56 Å². The maximum atomic E-state index is 12.4. The Hall–Kier alpha value is -3.16. The number of rotatable bonds is 6. The smallest absolute Gasteiger partial charge is 0.497 e. The summed E-state index contributed by atoms with van der Waals surface area (Å²) in [5, 5.41) is 2.58. The fourth-order valence-corrected chi connectivity index (χ4v) is 2.09. The number of para-hydroxylation sites is 1. The van der Waals surface area contributed by atoms with Crippen LogP contribution >= 0.6 is 0 Å². The van der Waals surface area contributed by atoms with E-state index in [-0.39, 0.29) is 5.56 Å². The number of anilines is 1. The molecule has 0 radical (unpaired) electrons. The Labute approximate surface area is 148 Å². The van der Waals surface area contributed by atoms with Gasteiger partial charge in [0.15, 0.2) is 0 Å². The third kappa shape index (κ3) is 5.44. The summed E-state index contributed by atoms with van der Waals surface area (Å²) in [6, 6.07) is 10.3. The summed E-state index contributed by atoms with van der Waals surface area (Å²) >= 11 is 0. The zero-order chi connectivity index (χ0) is 19.2. The molecule has 5 nitrogen and oxygen atoms in total. The summed E-state index contributed by atoms with van der Waals surface area (Å²) in [7, 11) is 2.92. The zero-order valence-electron chi connectivity index (χ0n) is 14.0. The number of carbonyl (C=O) groups is 1. The first-order valence-electron chi connectivity index (χ1n) is 7.38. The highest BCUT2D eigenvalue weighted by Gasteiger charge is 2.31. The second-order valence-corrected chi connectivity index (χ2v) is 4.97. The lowest BCUT2D eigenvalue weighted by molar-refractivity contribution is -0.274. The number of hydrogen-bond donors (Lipinski definition) is 1. The van der Waals surface area contributed by atoms with Gasteiger partial charge in [0.05, 0.1) is 19.9 Å². The number of nitrogens with one attached hydrogen (secondary N) is 1. The first-order chi connectivity index (χ1) is 12.3. The van der Waals surface area contributed by atoms with E-state index in [4.69, 9.17) is 9.47 Å². The highest BCUT2D eigenvalue weighted by Crippen LogP contribution is 2.29. The quantitative estimate of drug-likeness (QED) is 0.776. The third-order valence-electron chi connectivity index (χ3n) is 3.22. The van der Waals surface area contributed by atoms with Gasteiger partial charge in [-0.1, -0.05) is 18.2 Å². The Morgan fingerprint density at radius 2 is 1.77 bits per heavy atom. The molecule has 2 aromatic rings. The molecule has 0 aliphatic carbocycles. The number of hydrogen-bond acceptors (Lipinski definition) is 4. The lowest BCUT2D eigenvalue weighted by Crippen LogP contribution is -2.17. The number of alkyl halides is 3. The maximum Gasteiger partial charge on any atom is 0.573 e. The summed E-state index contributed by atoms with van der Waals surface area (Å²) in [5.74, 6) is -0.0382. The van der Waals surface area contributed by atoms with Crippen molar-refractivity contribution in [1.82, 2.24) is 0 Å². The van der Waals surface area contributed by atoms with E-state index in [1.165, 1.54) is 38.5 Å². The predicted octanol–water partition coefficient (Wildman–Crippen LogP) is 4.25. The molecule has 0 bridgehead atoms. The van der Waals surface area contributed by atoms with Gasteiger partial charge in [0.1, 0.15) is 17.2 Å². The van der Waals surface area contributed by atoms with Crippen LogP contribution in [0.15, 0.2) is 48.5 Å². The summed E-state index contributed by atoms with van der Waals surface area (Å²) in [6.07, 6.45) is -2.50. The van der Waals surface area contributed by atoms with E-state index in [2.05, 4.69) is 10.1 Å². The van der Waals surface area contributed by atoms with Crippen LogP contribution in [0.4, 0.5) is 18.9 Å². The number of benzene rings is 2. The Morgan fingerprint density at radius 1 is 1.04 bits per heavy atom. The van der Waals surface area contributed by atoms with Crippen LogP contribution in [0.25, 0.3) is 6.08 Å². The van der Waals surface area contributed by atoms with Gasteiger partial charge in [0.25, 0.3) is 0 Å². The second-order valence-electron chi connectivity index (χ2n) is 4.97. The molecular formula is C18H16F3NO4. The van der Waals surface area contributed by atoms with Crippen LogP contribution in [0.5, 0.6) is 17.2 Å². The Bertz CT molecular complexity index is 803. The molecule has 26 heavy (non-hydrogen) atoms. The summed E-state index contributed by atoms with van der Waals surface area (Å²) in [6.45, 7) is 0. The molecule has 0 atom stereocenters. The highest BCUT2D eigenvalue weighted by atomic mass is 19.4. The van der Waals surface area contributed by atoms with Gasteiger partial charge >= 0.3 is 6.36 Å². The van der Waals surface area contributed by atoms with E-state index in [1.54, 1.807) is 18.2 Å². The van der Waals surface area contributed by atoms with Crippen molar-refractivity contribution in [3.8, 4) is 17.2 Å². The van der Waals surface area contributed by atoms with Gasteiger partial charge in [-0.15, -0.1) is 13.2 Å². The topological polar surface area (TPSA) is 56.8 Å². The zero-order valence-corrected chi connectivity index (χ0v) is 14.0. The normalized spacial score (nSPS) is 11.3. The third-order valence-corrected chi connectivity index (χ3v) is 3.22. The van der Waals surface area contributed by atoms with Crippen molar-refractivity contribution >= 4 is 17.7 Å². The van der Waals surface area contributed by atoms with Crippen molar-refractivity contribution < 1.29 is 32.2 Å². The van der Waals surface area contributed by atoms with Gasteiger partial charge in [0.2, 0.25) is 5.91 Å². The van der Waals surface area contributed by atoms with Crippen molar-refractivity contribution in [1.29, 1.82) is 0 Å². The number of halogens is 3. The first kappa shape index (κ1) is 19.2. The molecule has 138 valence electrons. The summed E-state index contributed by atoms with van der Waals surface area (Å²) < 4.78 is 51.4. The Morgan fingerprint density at radius 3 is 2.42 bits per heavy atom. The minimum atomic E-state index is -4.82. The van der Waals surface area contributed by atoms with Crippen molar-refractivity contribution in [3.63, 3.8) is 0 Å². The molecule has 0 aliphatic heterocycles. The number of carbonyl (C=O) groups excluding carboxylic acids is 1. The fraction of sp³-hybridized carbons (Fsp3) is 0.167. The van der Waals surface area contributed by atoms with Gasteiger partial charge in [0, 0.05) is 17.7 Å². The molecule has 0 aliphatic rings. The van der Waals surface area contributed by atoms with Crippen molar-refractivity contribution in [2.75, 3.05) is 19.5 Å². The average Bonchev–Trinajstić information content (AvgIpc) is 2.59. The molecule has 1 amide bonds. The maximum absolute atomic E-state index is 12.4. The molecule has 0 spiro atoms. The van der Waals surface area contributed by atoms with E-state index in [0.717, 1.165) is 12.1 Å². The lowest BCUT2D eigenvalue weighted by atomic mass is 10.2. The van der Waals surface area contributed by atoms with Crippen LogP contribution in [0.3, 0.4) is 0 Å². The van der Waals surface area contributed by atoms with Crippen LogP contribution in [0.2, 0.25) is 0 Å². The van der Waals surface area contributed by atoms with Crippen molar-refractivity contribution in [2.45, 2.75) is 6.36 Å². The Kier molecular flexibility index (Phi) is 6.11. The number of amides is 1. The van der Waals surface area contributed by atoms with Gasteiger partial charge < -0.3 is 19.5 Å². The molecule has 0 fully saturated rings. The predicted molar refractivity (Wildman–Crippen MR) is 90.3 cm³/mol. The average molecular weight is 367 g/mol. The fourth-order valence-electron chi connectivity index (χ4n) is 2.09. The molecular weight excluding hydrogens is 351 g/mol. The van der Waals surface area contributed by atoms with Crippen LogP contribution in [0, 0.1) is 0 Å². The monoisotopic (exact) mass is 367 g/mol. The standard InChI is InChI=1S/C18H16F3NO4/c1-24-13-8-9-16(25-2)14(11-13)22-17(23)10-7-12-5-3-4-6-15(12)26-18(19,20)21/h3-11H,1-2H3,(H,22,23)/b10-7+. The molecule has 0 saturated carbocycles. The minimum Gasteiger partial charge on any atom is -0.497 e. The molecule has 0 unspecified atom stereocenters. The van der Waals surface area contributed by atoms with E-state index < -0.39 is 18.0 Å². The highest BCUT2D eigenvalue weighted by molar-refractivity contribution is 6.03. The summed E-state index contributed by atoms with van der Waals surface area (Å²) in [4.78, 5) is 12.1. The first-order valence-corrected chi connectivity index (χ1v) is 7.38. The minimum absolute atomic E-state index is 0.109. The molecule has 2 rings (SSSR count). The van der Waals surface area contributed by atoms with E-state index in [9.17, 15) is 18.0 Å².